The third-order valence-electron chi connectivity index (χ3n) is 10.1. The average Bonchev–Trinajstić information content (AvgIpc) is 3.19. The van der Waals surface area contributed by atoms with Gasteiger partial charge in [0.05, 0.1) is 10.8 Å². The van der Waals surface area contributed by atoms with Crippen LogP contribution in [0.25, 0.3) is 10.1 Å². The van der Waals surface area contributed by atoms with Crippen molar-refractivity contribution < 1.29 is 14.6 Å². The molecule has 8 atom stereocenters. The van der Waals surface area contributed by atoms with Crippen molar-refractivity contribution in [2.45, 2.75) is 65.5 Å². The lowest BCUT2D eigenvalue weighted by Gasteiger charge is -2.31. The van der Waals surface area contributed by atoms with Gasteiger partial charge in [-0.2, -0.15) is 0 Å². The van der Waals surface area contributed by atoms with Crippen molar-refractivity contribution in [3.8, 4) is 5.75 Å². The molecule has 3 aliphatic carbocycles. The van der Waals surface area contributed by atoms with Gasteiger partial charge in [0.15, 0.2) is 0 Å². The summed E-state index contributed by atoms with van der Waals surface area (Å²) in [5.74, 6) is 5.67. The molecule has 1 aromatic heterocycles. The summed E-state index contributed by atoms with van der Waals surface area (Å²) in [7, 11) is 2.16. The largest absolute Gasteiger partial charge is 0.456 e. The molecule has 5 heteroatoms. The van der Waals surface area contributed by atoms with Gasteiger partial charge in [-0.15, -0.1) is 11.3 Å². The molecule has 0 spiro atoms. The van der Waals surface area contributed by atoms with Gasteiger partial charge in [-0.25, -0.2) is 0 Å². The Kier molecular flexibility index (Phi) is 6.61. The summed E-state index contributed by atoms with van der Waals surface area (Å²) in [6.07, 6.45) is 10.1. The highest BCUT2D eigenvalue weighted by atomic mass is 32.1. The monoisotopic (exact) mass is 519 g/mol. The Bertz CT molecular complexity index is 1260. The molecule has 1 aliphatic heterocycles. The maximum Gasteiger partial charge on any atom is 0.145 e. The van der Waals surface area contributed by atoms with Crippen LogP contribution in [0.4, 0.5) is 0 Å². The molecule has 1 aromatic carbocycles. The van der Waals surface area contributed by atoms with Crippen molar-refractivity contribution in [2.75, 3.05) is 13.6 Å². The van der Waals surface area contributed by atoms with Gasteiger partial charge in [0, 0.05) is 42.1 Å². The first-order valence-corrected chi connectivity index (χ1v) is 15.0. The van der Waals surface area contributed by atoms with Crippen LogP contribution < -0.4 is 4.74 Å². The van der Waals surface area contributed by atoms with E-state index in [1.807, 2.05) is 11.3 Å². The lowest BCUT2D eigenvalue weighted by molar-refractivity contribution is -0.120. The Morgan fingerprint density at radius 2 is 2.03 bits per heavy atom. The van der Waals surface area contributed by atoms with E-state index in [1.54, 1.807) is 0 Å². The van der Waals surface area contributed by atoms with Gasteiger partial charge in [0.25, 0.3) is 0 Å². The number of Topliss-reactive ketones (excluding diaryl/α,β-unsaturated/α-hetero) is 1. The summed E-state index contributed by atoms with van der Waals surface area (Å²) in [5.41, 5.74) is 1.29. The zero-order valence-electron chi connectivity index (χ0n) is 22.8. The second kappa shape index (κ2) is 9.66. The number of aryl methyl sites for hydroxylation is 1. The molecule has 0 amide bonds. The summed E-state index contributed by atoms with van der Waals surface area (Å²) in [5, 5.41) is 12.4. The van der Waals surface area contributed by atoms with Gasteiger partial charge >= 0.3 is 0 Å². The summed E-state index contributed by atoms with van der Waals surface area (Å²) in [4.78, 5) is 15.7. The standard InChI is InChI=1S/C32H41NO3S/c1-17(2)19(4)31(35)28-16-33(5)29-13-21(8-10-24(28)29)36-30-11-6-18(3)25-14-22(37-32(25)30)15-27-23-9-7-20(34)12-26(23)27/h6,8,10-11,13-14,17,19,23-24,26-29,31,35H,7,9,12,15-16H2,1-5H3/t19-,23?,24?,26?,27?,28?,29?,31?/m1/s1. The molecule has 2 aromatic rings. The van der Waals surface area contributed by atoms with Crippen LogP contribution in [0, 0.1) is 48.3 Å². The first kappa shape index (κ1) is 25.3. The van der Waals surface area contributed by atoms with Crippen LogP contribution in [-0.2, 0) is 11.2 Å². The van der Waals surface area contributed by atoms with E-state index in [4.69, 9.17) is 4.74 Å². The van der Waals surface area contributed by atoms with E-state index >= 15 is 0 Å². The second-order valence-corrected chi connectivity index (χ2v) is 13.7. The maximum absolute atomic E-state index is 11.9. The Morgan fingerprint density at radius 1 is 1.22 bits per heavy atom. The summed E-state index contributed by atoms with van der Waals surface area (Å²) in [6.45, 7) is 9.65. The molecule has 6 rings (SSSR count). The number of aliphatic hydroxyl groups is 1. The number of fused-ring (bicyclic) bond motifs is 3. The van der Waals surface area contributed by atoms with E-state index in [1.165, 1.54) is 20.5 Å². The molecule has 37 heavy (non-hydrogen) atoms. The number of nitrogens with zero attached hydrogens (tertiary/aromatic N) is 1. The van der Waals surface area contributed by atoms with Crippen LogP contribution >= 0.6 is 11.3 Å². The number of ketones is 1. The Morgan fingerprint density at radius 3 is 2.78 bits per heavy atom. The summed E-state index contributed by atoms with van der Waals surface area (Å²) < 4.78 is 7.78. The minimum absolute atomic E-state index is 0.244. The quantitative estimate of drug-likeness (QED) is 0.460. The molecule has 2 saturated carbocycles. The maximum atomic E-state index is 11.9. The zero-order chi connectivity index (χ0) is 26.0. The first-order chi connectivity index (χ1) is 17.7. The summed E-state index contributed by atoms with van der Waals surface area (Å²) in [6, 6.07) is 6.90. The molecule has 4 aliphatic rings. The van der Waals surface area contributed by atoms with Crippen molar-refractivity contribution in [3.63, 3.8) is 0 Å². The van der Waals surface area contributed by atoms with E-state index in [9.17, 15) is 9.90 Å². The SMILES string of the molecule is Cc1ccc(OC2=CC3C(C=C2)C(C(O)[C@H](C)C(C)C)CN3C)c2sc(CC3C4CCC(=O)CC43)cc12. The number of thiophene rings is 1. The number of carbonyl (C=O) groups excluding carboxylic acids is 1. The summed E-state index contributed by atoms with van der Waals surface area (Å²) >= 11 is 1.87. The van der Waals surface area contributed by atoms with Crippen molar-refractivity contribution in [2.24, 2.45) is 41.4 Å². The highest BCUT2D eigenvalue weighted by Gasteiger charge is 2.52. The third-order valence-corrected chi connectivity index (χ3v) is 11.2. The third kappa shape index (κ3) is 4.62. The highest BCUT2D eigenvalue weighted by Crippen LogP contribution is 2.56. The predicted molar refractivity (Wildman–Crippen MR) is 151 cm³/mol. The molecule has 2 heterocycles. The molecule has 0 bridgehead atoms. The molecular weight excluding hydrogens is 478 g/mol. The van der Waals surface area contributed by atoms with Crippen molar-refractivity contribution in [3.05, 3.63) is 52.6 Å². The highest BCUT2D eigenvalue weighted by molar-refractivity contribution is 7.19. The van der Waals surface area contributed by atoms with Crippen molar-refractivity contribution in [1.29, 1.82) is 0 Å². The Labute approximate surface area is 225 Å². The number of allylic oxidation sites excluding steroid dienone is 1. The van der Waals surface area contributed by atoms with Crippen LogP contribution in [0.1, 0.15) is 50.5 Å². The van der Waals surface area contributed by atoms with Gasteiger partial charge in [-0.05, 0) is 91.6 Å². The van der Waals surface area contributed by atoms with Gasteiger partial charge in [0.1, 0.15) is 17.3 Å². The van der Waals surface area contributed by atoms with Crippen LogP contribution in [0.3, 0.4) is 0 Å². The van der Waals surface area contributed by atoms with Gasteiger partial charge in [-0.3, -0.25) is 9.69 Å². The van der Waals surface area contributed by atoms with Crippen molar-refractivity contribution >= 4 is 27.2 Å². The van der Waals surface area contributed by atoms with E-state index in [0.29, 0.717) is 29.5 Å². The Balaban J connectivity index is 1.19. The fraction of sp³-hybridized carbons (Fsp3) is 0.594. The molecule has 0 radical (unpaired) electrons. The molecule has 4 nitrogen and oxygen atoms in total. The van der Waals surface area contributed by atoms with Gasteiger partial charge in [0.2, 0.25) is 0 Å². The number of hydrogen-bond donors (Lipinski definition) is 1. The van der Waals surface area contributed by atoms with E-state index < -0.39 is 0 Å². The van der Waals surface area contributed by atoms with E-state index in [-0.39, 0.29) is 24.0 Å². The molecule has 1 N–H and O–H groups in total. The first-order valence-electron chi connectivity index (χ1n) is 14.2. The Hall–Kier alpha value is -1.95. The fourth-order valence-electron chi connectivity index (χ4n) is 7.31. The number of aliphatic hydroxyl groups excluding tert-OH is 1. The van der Waals surface area contributed by atoms with Crippen LogP contribution in [-0.4, -0.2) is 41.5 Å². The van der Waals surface area contributed by atoms with Gasteiger partial charge < -0.3 is 9.84 Å². The molecule has 1 saturated heterocycles. The fourth-order valence-corrected chi connectivity index (χ4v) is 8.57. The lowest BCUT2D eigenvalue weighted by Crippen LogP contribution is -2.35. The number of ether oxygens (including phenoxy) is 1. The number of benzene rings is 1. The number of likely N-dealkylation sites (tertiary alicyclic amines) is 1. The van der Waals surface area contributed by atoms with Crippen LogP contribution in [0.5, 0.6) is 5.75 Å². The topological polar surface area (TPSA) is 49.8 Å². The number of carbonyl (C=O) groups is 1. The molecule has 7 unspecified atom stereocenters. The van der Waals surface area contributed by atoms with Gasteiger partial charge in [-0.1, -0.05) is 32.9 Å². The minimum Gasteiger partial charge on any atom is -0.456 e. The number of rotatable bonds is 7. The van der Waals surface area contributed by atoms with E-state index in [2.05, 4.69) is 76.1 Å². The minimum atomic E-state index is -0.298. The molecule has 3 fully saturated rings. The van der Waals surface area contributed by atoms with Crippen LogP contribution in [0.15, 0.2) is 42.2 Å². The van der Waals surface area contributed by atoms with Crippen molar-refractivity contribution in [1.82, 2.24) is 4.90 Å². The smallest absolute Gasteiger partial charge is 0.145 e. The normalized spacial score (nSPS) is 32.8. The molecular formula is C32H41NO3S. The van der Waals surface area contributed by atoms with E-state index in [0.717, 1.165) is 49.7 Å². The number of likely N-dealkylation sites (N-methyl/N-ethyl adjacent to an activating group) is 1. The molecule has 198 valence electrons. The average molecular weight is 520 g/mol. The second-order valence-electron chi connectivity index (χ2n) is 12.6. The predicted octanol–water partition coefficient (Wildman–Crippen LogP) is 6.40. The lowest BCUT2D eigenvalue weighted by atomic mass is 9.77. The number of hydrogen-bond acceptors (Lipinski definition) is 5. The van der Waals surface area contributed by atoms with Crippen LogP contribution in [0.2, 0.25) is 0 Å². The zero-order valence-corrected chi connectivity index (χ0v) is 23.6.